The van der Waals surface area contributed by atoms with Crippen molar-refractivity contribution in [2.45, 2.75) is 26.7 Å². The van der Waals surface area contributed by atoms with Crippen LogP contribution in [0.4, 0.5) is 11.6 Å². The summed E-state index contributed by atoms with van der Waals surface area (Å²) in [5.41, 5.74) is 1.98. The fourth-order valence-corrected chi connectivity index (χ4v) is 3.85. The molecule has 3 rings (SSSR count). The van der Waals surface area contributed by atoms with E-state index in [0.717, 1.165) is 30.0 Å². The van der Waals surface area contributed by atoms with Gasteiger partial charge >= 0.3 is 0 Å². The second-order valence-electron chi connectivity index (χ2n) is 6.93. The van der Waals surface area contributed by atoms with Crippen LogP contribution < -0.4 is 14.9 Å². The van der Waals surface area contributed by atoms with Crippen molar-refractivity contribution in [3.63, 3.8) is 0 Å². The molecule has 0 radical (unpaired) electrons. The molecule has 0 atom stereocenters. The van der Waals surface area contributed by atoms with Gasteiger partial charge in [0.2, 0.25) is 10.0 Å². The fraction of sp³-hybridized carbons (Fsp3) is 0.400. The van der Waals surface area contributed by atoms with Gasteiger partial charge in [0.15, 0.2) is 0 Å². The maximum absolute atomic E-state index is 12.1. The molecule has 1 aliphatic heterocycles. The molecule has 0 aliphatic carbocycles. The predicted molar refractivity (Wildman–Crippen MR) is 114 cm³/mol. The van der Waals surface area contributed by atoms with Crippen LogP contribution in [0.3, 0.4) is 0 Å². The Kier molecular flexibility index (Phi) is 6.64. The van der Waals surface area contributed by atoms with Crippen LogP contribution in [0.1, 0.15) is 29.8 Å². The molecule has 0 unspecified atom stereocenters. The molecular weight excluding hydrogens is 374 g/mol. The van der Waals surface area contributed by atoms with E-state index < -0.39 is 10.0 Å². The maximum Gasteiger partial charge on any atom is 0.233 e. The molecule has 8 heteroatoms. The van der Waals surface area contributed by atoms with E-state index in [2.05, 4.69) is 24.9 Å². The lowest BCUT2D eigenvalue weighted by Gasteiger charge is -2.17. The quantitative estimate of drug-likeness (QED) is 0.662. The number of benzene rings is 1. The van der Waals surface area contributed by atoms with Gasteiger partial charge in [-0.05, 0) is 38.3 Å². The molecule has 0 bridgehead atoms. The Morgan fingerprint density at radius 3 is 2.50 bits per heavy atom. The zero-order valence-corrected chi connectivity index (χ0v) is 17.2. The Morgan fingerprint density at radius 1 is 1.07 bits per heavy atom. The minimum Gasteiger partial charge on any atom is -0.369 e. The molecule has 1 aromatic carbocycles. The van der Waals surface area contributed by atoms with Crippen molar-refractivity contribution in [1.29, 1.82) is 0 Å². The molecule has 1 saturated heterocycles. The van der Waals surface area contributed by atoms with E-state index >= 15 is 0 Å². The first-order valence-electron chi connectivity index (χ1n) is 9.50. The van der Waals surface area contributed by atoms with Crippen molar-refractivity contribution in [3.05, 3.63) is 52.7 Å². The molecule has 0 saturated carbocycles. The number of aromatic nitrogens is 2. The summed E-state index contributed by atoms with van der Waals surface area (Å²) in [5, 5.41) is 4.37. The van der Waals surface area contributed by atoms with Crippen molar-refractivity contribution in [3.8, 4) is 0 Å². The number of anilines is 2. The van der Waals surface area contributed by atoms with Gasteiger partial charge in [0, 0.05) is 37.7 Å². The highest BCUT2D eigenvalue weighted by Gasteiger charge is 2.15. The lowest BCUT2D eigenvalue weighted by Crippen LogP contribution is -2.27. The number of nitrogens with one attached hydrogen (secondary N) is 2. The second kappa shape index (κ2) is 9.16. The summed E-state index contributed by atoms with van der Waals surface area (Å²) in [7, 11) is -3.49. The minimum absolute atomic E-state index is 0.267. The number of sulfonamides is 1. The monoisotopic (exact) mass is 401 g/mol. The Bertz CT molecular complexity index is 920. The van der Waals surface area contributed by atoms with Crippen molar-refractivity contribution >= 4 is 27.7 Å². The molecule has 7 nitrogen and oxygen atoms in total. The Labute approximate surface area is 167 Å². The summed E-state index contributed by atoms with van der Waals surface area (Å²) in [6.07, 6.45) is 3.96. The average molecular weight is 402 g/mol. The molecule has 2 N–H and O–H groups in total. The van der Waals surface area contributed by atoms with Crippen molar-refractivity contribution in [2.24, 2.45) is 0 Å². The third-order valence-electron chi connectivity index (χ3n) is 4.51. The van der Waals surface area contributed by atoms with Gasteiger partial charge in [-0.25, -0.2) is 23.1 Å². The third kappa shape index (κ3) is 6.03. The SMILES string of the molecule is Cc1ccc(/C=C/S(=O)(=O)NCCNc2cc(N3CCCC3)nc(C)n2)cc1. The Morgan fingerprint density at radius 2 is 1.79 bits per heavy atom. The van der Waals surface area contributed by atoms with E-state index in [0.29, 0.717) is 18.2 Å². The largest absolute Gasteiger partial charge is 0.369 e. The zero-order chi connectivity index (χ0) is 20.0. The third-order valence-corrected chi connectivity index (χ3v) is 5.61. The first-order chi connectivity index (χ1) is 13.4. The normalized spacial score (nSPS) is 14.7. The van der Waals surface area contributed by atoms with Crippen LogP contribution in [0.2, 0.25) is 0 Å². The van der Waals surface area contributed by atoms with Crippen molar-refractivity contribution < 1.29 is 8.42 Å². The number of hydrogen-bond acceptors (Lipinski definition) is 6. The summed E-state index contributed by atoms with van der Waals surface area (Å²) in [6, 6.07) is 9.59. The van der Waals surface area contributed by atoms with Gasteiger partial charge in [0.1, 0.15) is 17.5 Å². The van der Waals surface area contributed by atoms with Gasteiger partial charge in [0.25, 0.3) is 0 Å². The molecule has 2 heterocycles. The van der Waals surface area contributed by atoms with Crippen LogP contribution in [0.15, 0.2) is 35.7 Å². The molecule has 28 heavy (non-hydrogen) atoms. The molecule has 150 valence electrons. The standard InChI is InChI=1S/C20H27N5O2S/c1-16-5-7-18(8-6-16)9-14-28(26,27)22-11-10-21-19-15-20(24-17(2)23-19)25-12-3-4-13-25/h5-9,14-15,22H,3-4,10-13H2,1-2H3,(H,21,23,24)/b14-9+. The van der Waals surface area contributed by atoms with Crippen LogP contribution in [-0.2, 0) is 10.0 Å². The number of nitrogens with zero attached hydrogens (tertiary/aromatic N) is 3. The first kappa shape index (κ1) is 20.3. The average Bonchev–Trinajstić information content (AvgIpc) is 3.19. The zero-order valence-electron chi connectivity index (χ0n) is 16.4. The van der Waals surface area contributed by atoms with Gasteiger partial charge in [-0.1, -0.05) is 29.8 Å². The second-order valence-corrected chi connectivity index (χ2v) is 8.58. The Balaban J connectivity index is 1.50. The summed E-state index contributed by atoms with van der Waals surface area (Å²) in [4.78, 5) is 11.1. The number of aryl methyl sites for hydroxylation is 2. The van der Waals surface area contributed by atoms with Gasteiger partial charge in [0.05, 0.1) is 0 Å². The smallest absolute Gasteiger partial charge is 0.233 e. The van der Waals surface area contributed by atoms with Crippen LogP contribution in [0.5, 0.6) is 0 Å². The first-order valence-corrected chi connectivity index (χ1v) is 11.0. The van der Waals surface area contributed by atoms with E-state index in [-0.39, 0.29) is 6.54 Å². The van der Waals surface area contributed by atoms with Crippen LogP contribution in [0, 0.1) is 13.8 Å². The van der Waals surface area contributed by atoms with Crippen LogP contribution >= 0.6 is 0 Å². The van der Waals surface area contributed by atoms with Crippen LogP contribution in [0.25, 0.3) is 6.08 Å². The lowest BCUT2D eigenvalue weighted by atomic mass is 10.2. The van der Waals surface area contributed by atoms with E-state index in [4.69, 9.17) is 0 Å². The van der Waals surface area contributed by atoms with E-state index in [1.165, 1.54) is 18.2 Å². The minimum atomic E-state index is -3.49. The van der Waals surface area contributed by atoms with Gasteiger partial charge in [-0.3, -0.25) is 0 Å². The summed E-state index contributed by atoms with van der Waals surface area (Å²) < 4.78 is 26.8. The fourth-order valence-electron chi connectivity index (χ4n) is 3.03. The van der Waals surface area contributed by atoms with Crippen molar-refractivity contribution in [1.82, 2.24) is 14.7 Å². The highest BCUT2D eigenvalue weighted by atomic mass is 32.2. The predicted octanol–water partition coefficient (Wildman–Crippen LogP) is 2.70. The van der Waals surface area contributed by atoms with Gasteiger partial charge in [-0.15, -0.1) is 0 Å². The van der Waals surface area contributed by atoms with E-state index in [1.54, 1.807) is 6.08 Å². The molecule has 2 aromatic rings. The molecule has 1 aromatic heterocycles. The van der Waals surface area contributed by atoms with Crippen LogP contribution in [-0.4, -0.2) is 44.6 Å². The maximum atomic E-state index is 12.1. The van der Waals surface area contributed by atoms with E-state index in [1.807, 2.05) is 44.2 Å². The topological polar surface area (TPSA) is 87.2 Å². The van der Waals surface area contributed by atoms with Crippen molar-refractivity contribution in [2.75, 3.05) is 36.4 Å². The summed E-state index contributed by atoms with van der Waals surface area (Å²) in [6.45, 7) is 6.59. The Hall–Kier alpha value is -2.45. The van der Waals surface area contributed by atoms with Gasteiger partial charge < -0.3 is 10.2 Å². The molecule has 1 aliphatic rings. The molecular formula is C20H27N5O2S. The molecule has 1 fully saturated rings. The lowest BCUT2D eigenvalue weighted by molar-refractivity contribution is 0.592. The highest BCUT2D eigenvalue weighted by Crippen LogP contribution is 2.20. The van der Waals surface area contributed by atoms with E-state index in [9.17, 15) is 8.42 Å². The summed E-state index contributed by atoms with van der Waals surface area (Å²) >= 11 is 0. The number of hydrogen-bond donors (Lipinski definition) is 2. The highest BCUT2D eigenvalue weighted by molar-refractivity contribution is 7.92. The van der Waals surface area contributed by atoms with Gasteiger partial charge in [-0.2, -0.15) is 0 Å². The summed E-state index contributed by atoms with van der Waals surface area (Å²) in [5.74, 6) is 2.34. The number of rotatable bonds is 8. The molecule has 0 amide bonds. The molecule has 0 spiro atoms.